The molecule has 0 aliphatic rings. The Morgan fingerprint density at radius 1 is 1.31 bits per heavy atom. The molecule has 1 aromatic carbocycles. The lowest BCUT2D eigenvalue weighted by atomic mass is 10.0. The van der Waals surface area contributed by atoms with Gasteiger partial charge in [0.15, 0.2) is 0 Å². The van der Waals surface area contributed by atoms with Gasteiger partial charge in [-0.1, -0.05) is 11.3 Å². The number of ether oxygens (including phenoxy) is 1. The van der Waals surface area contributed by atoms with Crippen LogP contribution in [0.2, 0.25) is 0 Å². The Hall–Kier alpha value is -4.28. The zero-order valence-corrected chi connectivity index (χ0v) is 25.3. The molecule has 0 bridgehead atoms. The summed E-state index contributed by atoms with van der Waals surface area (Å²) in [6.07, 6.45) is 3.90. The van der Waals surface area contributed by atoms with Gasteiger partial charge in [0.2, 0.25) is 5.91 Å². The van der Waals surface area contributed by atoms with Crippen LogP contribution in [0, 0.1) is 24.1 Å². The molecule has 0 unspecified atom stereocenters. The minimum atomic E-state index is -1.47. The highest BCUT2D eigenvalue weighted by atomic mass is 32.1. The topological polar surface area (TPSA) is 144 Å². The molecule has 0 atom stereocenters. The number of aliphatic hydroxyl groups is 1. The van der Waals surface area contributed by atoms with E-state index in [1.165, 1.54) is 41.2 Å². The quantitative estimate of drug-likeness (QED) is 0.301. The van der Waals surface area contributed by atoms with Crippen LogP contribution in [0.3, 0.4) is 0 Å². The van der Waals surface area contributed by atoms with Crippen LogP contribution in [0.4, 0.5) is 4.39 Å². The predicted molar refractivity (Wildman–Crippen MR) is 159 cm³/mol. The van der Waals surface area contributed by atoms with Gasteiger partial charge >= 0.3 is 5.69 Å². The van der Waals surface area contributed by atoms with Crippen LogP contribution in [-0.4, -0.2) is 49.7 Å². The number of nitriles is 1. The van der Waals surface area contributed by atoms with Crippen LogP contribution in [-0.2, 0) is 23.3 Å². The van der Waals surface area contributed by atoms with Crippen molar-refractivity contribution in [1.82, 2.24) is 24.2 Å². The highest BCUT2D eigenvalue weighted by molar-refractivity contribution is 7.21. The van der Waals surface area contributed by atoms with E-state index >= 15 is 0 Å². The summed E-state index contributed by atoms with van der Waals surface area (Å²) in [6.45, 7) is 8.64. The fourth-order valence-corrected chi connectivity index (χ4v) is 5.66. The van der Waals surface area contributed by atoms with Crippen LogP contribution < -0.4 is 21.3 Å². The number of methoxy groups -OCH3 is 1. The molecule has 3 heterocycles. The van der Waals surface area contributed by atoms with Gasteiger partial charge in [0.1, 0.15) is 26.9 Å². The number of thiophene rings is 1. The second kappa shape index (κ2) is 13.6. The van der Waals surface area contributed by atoms with E-state index in [9.17, 15) is 18.8 Å². The molecule has 0 saturated heterocycles. The summed E-state index contributed by atoms with van der Waals surface area (Å²) in [7, 11) is 1.50. The predicted octanol–water partition coefficient (Wildman–Crippen LogP) is 3.26. The average Bonchev–Trinajstić information content (AvgIpc) is 3.57. The van der Waals surface area contributed by atoms with Crippen LogP contribution in [0.5, 0.6) is 5.75 Å². The van der Waals surface area contributed by atoms with Gasteiger partial charge in [-0.05, 0) is 70.9 Å². The van der Waals surface area contributed by atoms with Gasteiger partial charge in [0.05, 0.1) is 31.6 Å². The third-order valence-corrected chi connectivity index (χ3v) is 7.81. The number of rotatable bonds is 9. The molecule has 0 aliphatic carbocycles. The number of nitrogens with one attached hydrogen (secondary N) is 1. The highest BCUT2D eigenvalue weighted by Gasteiger charge is 2.35. The maximum absolute atomic E-state index is 14.0. The Balaban J connectivity index is 0.000000892. The van der Waals surface area contributed by atoms with Gasteiger partial charge in [-0.3, -0.25) is 14.2 Å². The first-order chi connectivity index (χ1) is 19.9. The first-order valence-electron chi connectivity index (χ1n) is 13.3. The molecule has 2 N–H and O–H groups in total. The smallest absolute Gasteiger partial charge is 0.333 e. The maximum atomic E-state index is 14.0. The second-order valence-corrected chi connectivity index (χ2v) is 11.2. The molecule has 1 amide bonds. The summed E-state index contributed by atoms with van der Waals surface area (Å²) in [5.41, 5.74) is -1.40. The average molecular weight is 599 g/mol. The summed E-state index contributed by atoms with van der Waals surface area (Å²) >= 11 is 1.27. The van der Waals surface area contributed by atoms with Crippen LogP contribution in [0.15, 0.2) is 46.2 Å². The van der Waals surface area contributed by atoms with Gasteiger partial charge in [-0.15, -0.1) is 0 Å². The van der Waals surface area contributed by atoms with Gasteiger partial charge in [0.25, 0.3) is 5.56 Å². The van der Waals surface area contributed by atoms with Crippen molar-refractivity contribution in [2.75, 3.05) is 13.7 Å². The van der Waals surface area contributed by atoms with E-state index in [1.54, 1.807) is 50.0 Å². The van der Waals surface area contributed by atoms with E-state index < -0.39 is 28.5 Å². The summed E-state index contributed by atoms with van der Waals surface area (Å²) < 4.78 is 23.5. The van der Waals surface area contributed by atoms with Gasteiger partial charge < -0.3 is 15.2 Å². The van der Waals surface area contributed by atoms with Gasteiger partial charge in [0, 0.05) is 30.5 Å². The number of carbonyl (C=O) groups excluding carboxylic acids is 1. The highest BCUT2D eigenvalue weighted by Crippen LogP contribution is 2.31. The Morgan fingerprint density at radius 3 is 2.57 bits per heavy atom. The summed E-state index contributed by atoms with van der Waals surface area (Å²) in [5.74, 6) is -0.368. The van der Waals surface area contributed by atoms with Crippen LogP contribution in [0.1, 0.15) is 45.2 Å². The molecular weight excluding hydrogens is 563 g/mol. The molecule has 42 heavy (non-hydrogen) atoms. The van der Waals surface area contributed by atoms with E-state index in [2.05, 4.69) is 10.4 Å². The minimum Gasteiger partial charge on any atom is -0.496 e. The first kappa shape index (κ1) is 32.2. The fourth-order valence-electron chi connectivity index (χ4n) is 4.40. The number of nitrogens with zero attached hydrogens (tertiary/aromatic N) is 5. The zero-order chi connectivity index (χ0) is 31.2. The summed E-state index contributed by atoms with van der Waals surface area (Å²) in [4.78, 5) is 41.3. The van der Waals surface area contributed by atoms with E-state index in [4.69, 9.17) is 15.1 Å². The molecule has 13 heteroatoms. The molecule has 224 valence electrons. The van der Waals surface area contributed by atoms with Crippen molar-refractivity contribution < 1.29 is 19.0 Å². The van der Waals surface area contributed by atoms with Gasteiger partial charge in [-0.25, -0.2) is 18.4 Å². The number of halogens is 1. The van der Waals surface area contributed by atoms with Crippen LogP contribution in [0.25, 0.3) is 15.2 Å². The van der Waals surface area contributed by atoms with Crippen molar-refractivity contribution in [1.29, 1.82) is 5.26 Å². The number of aromatic nitrogens is 4. The standard InChI is InChI=1S/C26H30FN5O4S.C3H5NO/c1-15(2)29-24(34)26(4,5)32-21(33)20-16(3)22(31-12-7-11-28-31)37-23(20)30(25(32)35)13-10-17-14-18(27)8-9-19(17)36-6;4-2-1-3-5/h7-9,11-12,14-15H,10,13H2,1-6H3,(H,29,34);5H,1,3H2. The lowest BCUT2D eigenvalue weighted by molar-refractivity contribution is -0.129. The maximum Gasteiger partial charge on any atom is 0.333 e. The third-order valence-electron chi connectivity index (χ3n) is 6.51. The van der Waals surface area contributed by atoms with Crippen molar-refractivity contribution in [3.05, 3.63) is 74.4 Å². The number of hydrogen-bond acceptors (Lipinski definition) is 8. The lowest BCUT2D eigenvalue weighted by Gasteiger charge is -2.27. The largest absolute Gasteiger partial charge is 0.496 e. The van der Waals surface area contributed by atoms with Crippen molar-refractivity contribution >= 4 is 27.5 Å². The van der Waals surface area contributed by atoms with E-state index in [-0.39, 0.29) is 32.0 Å². The number of benzene rings is 1. The van der Waals surface area contributed by atoms with E-state index in [0.29, 0.717) is 32.1 Å². The normalized spacial score (nSPS) is 11.2. The minimum absolute atomic E-state index is 0.0174. The number of aryl methyl sites for hydroxylation is 3. The number of hydrogen-bond donors (Lipinski definition) is 2. The number of carbonyl (C=O) groups is 1. The first-order valence-corrected chi connectivity index (χ1v) is 14.1. The Bertz CT molecular complexity index is 1710. The van der Waals surface area contributed by atoms with Crippen molar-refractivity contribution in [2.24, 2.45) is 0 Å². The Kier molecular flexibility index (Phi) is 10.4. The Labute approximate surface area is 246 Å². The molecule has 0 aliphatic heterocycles. The second-order valence-electron chi connectivity index (χ2n) is 10.3. The van der Waals surface area contributed by atoms with Crippen molar-refractivity contribution in [2.45, 2.75) is 65.6 Å². The van der Waals surface area contributed by atoms with Crippen molar-refractivity contribution in [3.8, 4) is 16.8 Å². The molecular formula is C29H35FN6O5S. The monoisotopic (exact) mass is 598 g/mol. The number of aliphatic hydroxyl groups excluding tert-OH is 1. The van der Waals surface area contributed by atoms with E-state index in [0.717, 1.165) is 4.57 Å². The molecule has 4 rings (SSSR count). The van der Waals surface area contributed by atoms with E-state index in [1.807, 2.05) is 13.8 Å². The van der Waals surface area contributed by atoms with Crippen molar-refractivity contribution in [3.63, 3.8) is 0 Å². The summed E-state index contributed by atoms with van der Waals surface area (Å²) in [6, 6.07) is 7.57. The summed E-state index contributed by atoms with van der Waals surface area (Å²) in [5, 5.41) is 23.6. The molecule has 0 saturated carbocycles. The molecule has 0 fully saturated rings. The fraction of sp³-hybridized carbons (Fsp3) is 0.414. The molecule has 3 aromatic heterocycles. The zero-order valence-electron chi connectivity index (χ0n) is 24.5. The molecule has 0 spiro atoms. The lowest BCUT2D eigenvalue weighted by Crippen LogP contribution is -2.56. The number of fused-ring (bicyclic) bond motifs is 1. The van der Waals surface area contributed by atoms with Crippen LogP contribution >= 0.6 is 11.3 Å². The molecule has 0 radical (unpaired) electrons. The number of amides is 1. The van der Waals surface area contributed by atoms with Gasteiger partial charge in [-0.2, -0.15) is 10.4 Å². The SMILES string of the molecule is COc1ccc(F)cc1CCn1c(=O)n(C(C)(C)C(=O)NC(C)C)c(=O)c2c(C)c(-n3cccn3)sc21.N#CCCO. The molecule has 11 nitrogen and oxygen atoms in total. The molecule has 4 aromatic rings. The Morgan fingerprint density at radius 2 is 2.02 bits per heavy atom. The third kappa shape index (κ3) is 6.61.